The summed E-state index contributed by atoms with van der Waals surface area (Å²) in [7, 11) is 2.23. The SMILES string of the molecule is CCNC(CN1CCCN(C)CC1)c1ccc(C)cc1. The van der Waals surface area contributed by atoms with Gasteiger partial charge in [-0.05, 0) is 45.6 Å². The second kappa shape index (κ2) is 7.77. The van der Waals surface area contributed by atoms with Crippen LogP contribution < -0.4 is 5.32 Å². The molecule has 1 saturated heterocycles. The predicted octanol–water partition coefficient (Wildman–Crippen LogP) is 2.28. The van der Waals surface area contributed by atoms with Crippen LogP contribution in [0.5, 0.6) is 0 Å². The van der Waals surface area contributed by atoms with Crippen LogP contribution in [0.3, 0.4) is 0 Å². The Bertz CT molecular complexity index is 388. The van der Waals surface area contributed by atoms with Crippen molar-refractivity contribution in [3.63, 3.8) is 0 Å². The maximum Gasteiger partial charge on any atom is 0.0449 e. The van der Waals surface area contributed by atoms with Crippen LogP contribution in [0.2, 0.25) is 0 Å². The summed E-state index contributed by atoms with van der Waals surface area (Å²) < 4.78 is 0. The summed E-state index contributed by atoms with van der Waals surface area (Å²) >= 11 is 0. The maximum absolute atomic E-state index is 3.64. The number of benzene rings is 1. The van der Waals surface area contributed by atoms with Gasteiger partial charge in [0.15, 0.2) is 0 Å². The van der Waals surface area contributed by atoms with Crippen LogP contribution in [0.15, 0.2) is 24.3 Å². The van der Waals surface area contributed by atoms with Crippen molar-refractivity contribution in [1.29, 1.82) is 0 Å². The van der Waals surface area contributed by atoms with E-state index in [0.717, 1.165) is 13.1 Å². The largest absolute Gasteiger partial charge is 0.309 e. The minimum atomic E-state index is 0.448. The second-order valence-corrected chi connectivity index (χ2v) is 5.98. The Morgan fingerprint density at radius 1 is 1.10 bits per heavy atom. The number of nitrogens with one attached hydrogen (secondary N) is 1. The second-order valence-electron chi connectivity index (χ2n) is 5.98. The Kier molecular flexibility index (Phi) is 6.02. The molecule has 3 heteroatoms. The van der Waals surface area contributed by atoms with E-state index in [0.29, 0.717) is 6.04 Å². The normalized spacial score (nSPS) is 19.8. The molecule has 1 aromatic carbocycles. The maximum atomic E-state index is 3.64. The van der Waals surface area contributed by atoms with Gasteiger partial charge in [-0.1, -0.05) is 36.8 Å². The van der Waals surface area contributed by atoms with E-state index < -0.39 is 0 Å². The molecule has 1 unspecified atom stereocenters. The summed E-state index contributed by atoms with van der Waals surface area (Å²) in [5.41, 5.74) is 2.75. The molecule has 0 amide bonds. The molecule has 0 saturated carbocycles. The van der Waals surface area contributed by atoms with Crippen molar-refractivity contribution in [1.82, 2.24) is 15.1 Å². The monoisotopic (exact) mass is 275 g/mol. The lowest BCUT2D eigenvalue weighted by Crippen LogP contribution is -2.37. The standard InChI is InChI=1S/C17H29N3/c1-4-18-17(16-8-6-15(2)7-9-16)14-20-11-5-10-19(3)12-13-20/h6-9,17-18H,4-5,10-14H2,1-3H3. The number of hydrogen-bond donors (Lipinski definition) is 1. The van der Waals surface area contributed by atoms with Crippen molar-refractivity contribution in [2.24, 2.45) is 0 Å². The van der Waals surface area contributed by atoms with Gasteiger partial charge < -0.3 is 15.1 Å². The van der Waals surface area contributed by atoms with E-state index in [4.69, 9.17) is 0 Å². The van der Waals surface area contributed by atoms with Crippen LogP contribution in [0, 0.1) is 6.92 Å². The Hall–Kier alpha value is -0.900. The van der Waals surface area contributed by atoms with E-state index in [-0.39, 0.29) is 0 Å². The Morgan fingerprint density at radius 2 is 1.85 bits per heavy atom. The van der Waals surface area contributed by atoms with E-state index in [1.165, 1.54) is 43.7 Å². The zero-order valence-electron chi connectivity index (χ0n) is 13.2. The van der Waals surface area contributed by atoms with Gasteiger partial charge in [-0.15, -0.1) is 0 Å². The number of nitrogens with zero attached hydrogens (tertiary/aromatic N) is 2. The predicted molar refractivity (Wildman–Crippen MR) is 86.2 cm³/mol. The first-order chi connectivity index (χ1) is 9.69. The molecule has 0 spiro atoms. The van der Waals surface area contributed by atoms with E-state index in [1.807, 2.05) is 0 Å². The van der Waals surface area contributed by atoms with Crippen LogP contribution in [-0.4, -0.2) is 56.1 Å². The third-order valence-electron chi connectivity index (χ3n) is 4.18. The molecular weight excluding hydrogens is 246 g/mol. The fourth-order valence-electron chi connectivity index (χ4n) is 2.87. The third kappa shape index (κ3) is 4.58. The molecule has 0 aromatic heterocycles. The number of likely N-dealkylation sites (N-methyl/N-ethyl adjacent to an activating group) is 2. The molecule has 112 valence electrons. The molecule has 1 aliphatic rings. The van der Waals surface area contributed by atoms with Gasteiger partial charge >= 0.3 is 0 Å². The molecule has 2 rings (SSSR count). The molecule has 1 heterocycles. The molecular formula is C17H29N3. The van der Waals surface area contributed by atoms with Crippen molar-refractivity contribution in [2.45, 2.75) is 26.3 Å². The topological polar surface area (TPSA) is 18.5 Å². The van der Waals surface area contributed by atoms with Gasteiger partial charge in [-0.2, -0.15) is 0 Å². The first-order valence-corrected chi connectivity index (χ1v) is 7.90. The molecule has 3 nitrogen and oxygen atoms in total. The average molecular weight is 275 g/mol. The third-order valence-corrected chi connectivity index (χ3v) is 4.18. The summed E-state index contributed by atoms with van der Waals surface area (Å²) in [6, 6.07) is 9.43. The Morgan fingerprint density at radius 3 is 2.55 bits per heavy atom. The number of rotatable bonds is 5. The Balaban J connectivity index is 1.99. The van der Waals surface area contributed by atoms with E-state index in [1.54, 1.807) is 0 Å². The van der Waals surface area contributed by atoms with Gasteiger partial charge in [0.25, 0.3) is 0 Å². The quantitative estimate of drug-likeness (QED) is 0.889. The highest BCUT2D eigenvalue weighted by atomic mass is 15.2. The fourth-order valence-corrected chi connectivity index (χ4v) is 2.87. The van der Waals surface area contributed by atoms with E-state index in [9.17, 15) is 0 Å². The van der Waals surface area contributed by atoms with Gasteiger partial charge in [0.05, 0.1) is 0 Å². The molecule has 20 heavy (non-hydrogen) atoms. The molecule has 1 atom stereocenters. The summed E-state index contributed by atoms with van der Waals surface area (Å²) in [4.78, 5) is 5.05. The van der Waals surface area contributed by atoms with Crippen molar-refractivity contribution >= 4 is 0 Å². The molecule has 0 aliphatic carbocycles. The summed E-state index contributed by atoms with van der Waals surface area (Å²) in [5.74, 6) is 0. The van der Waals surface area contributed by atoms with E-state index >= 15 is 0 Å². The summed E-state index contributed by atoms with van der Waals surface area (Å²) in [6.07, 6.45) is 1.28. The molecule has 1 N–H and O–H groups in total. The summed E-state index contributed by atoms with van der Waals surface area (Å²) in [5, 5.41) is 3.64. The summed E-state index contributed by atoms with van der Waals surface area (Å²) in [6.45, 7) is 11.3. The highest BCUT2D eigenvalue weighted by Crippen LogP contribution is 2.16. The first kappa shape index (κ1) is 15.5. The Labute approximate surface area is 124 Å². The van der Waals surface area contributed by atoms with Gasteiger partial charge in [-0.25, -0.2) is 0 Å². The molecule has 0 radical (unpaired) electrons. The first-order valence-electron chi connectivity index (χ1n) is 7.90. The van der Waals surface area contributed by atoms with Crippen LogP contribution in [0.1, 0.15) is 30.5 Å². The van der Waals surface area contributed by atoms with Crippen LogP contribution >= 0.6 is 0 Å². The highest BCUT2D eigenvalue weighted by molar-refractivity contribution is 5.24. The zero-order valence-corrected chi connectivity index (χ0v) is 13.2. The lowest BCUT2D eigenvalue weighted by Gasteiger charge is -2.27. The van der Waals surface area contributed by atoms with Gasteiger partial charge in [0.2, 0.25) is 0 Å². The van der Waals surface area contributed by atoms with Crippen LogP contribution in [-0.2, 0) is 0 Å². The minimum Gasteiger partial charge on any atom is -0.309 e. The lowest BCUT2D eigenvalue weighted by atomic mass is 10.0. The van der Waals surface area contributed by atoms with E-state index in [2.05, 4.69) is 60.3 Å². The molecule has 1 aromatic rings. The van der Waals surface area contributed by atoms with Crippen LogP contribution in [0.4, 0.5) is 0 Å². The molecule has 1 aliphatic heterocycles. The zero-order chi connectivity index (χ0) is 14.4. The number of hydrogen-bond acceptors (Lipinski definition) is 3. The van der Waals surface area contributed by atoms with Crippen molar-refractivity contribution in [2.75, 3.05) is 46.3 Å². The molecule has 0 bridgehead atoms. The van der Waals surface area contributed by atoms with Gasteiger partial charge in [-0.3, -0.25) is 0 Å². The van der Waals surface area contributed by atoms with Gasteiger partial charge in [0.1, 0.15) is 0 Å². The lowest BCUT2D eigenvalue weighted by molar-refractivity contribution is 0.248. The average Bonchev–Trinajstić information content (AvgIpc) is 2.64. The fraction of sp³-hybridized carbons (Fsp3) is 0.647. The van der Waals surface area contributed by atoms with Gasteiger partial charge in [0, 0.05) is 25.7 Å². The smallest absolute Gasteiger partial charge is 0.0449 e. The molecule has 1 fully saturated rings. The van der Waals surface area contributed by atoms with Crippen molar-refractivity contribution in [3.8, 4) is 0 Å². The minimum absolute atomic E-state index is 0.448. The van der Waals surface area contributed by atoms with Crippen molar-refractivity contribution in [3.05, 3.63) is 35.4 Å². The highest BCUT2D eigenvalue weighted by Gasteiger charge is 2.17. The number of aryl methyl sites for hydroxylation is 1. The van der Waals surface area contributed by atoms with Crippen molar-refractivity contribution < 1.29 is 0 Å². The van der Waals surface area contributed by atoms with Crippen LogP contribution in [0.25, 0.3) is 0 Å².